The zero-order valence-corrected chi connectivity index (χ0v) is 9.28. The molecule has 0 aliphatic carbocycles. The van der Waals surface area contributed by atoms with Crippen LogP contribution < -0.4 is 0 Å². The van der Waals surface area contributed by atoms with Crippen molar-refractivity contribution in [2.75, 3.05) is 6.61 Å². The van der Waals surface area contributed by atoms with Crippen LogP contribution in [0.2, 0.25) is 0 Å². The van der Waals surface area contributed by atoms with E-state index in [1.165, 1.54) is 0 Å². The van der Waals surface area contributed by atoms with E-state index in [0.29, 0.717) is 6.42 Å². The highest BCUT2D eigenvalue weighted by Crippen LogP contribution is 2.09. The molecule has 0 aromatic rings. The van der Waals surface area contributed by atoms with Crippen LogP contribution in [-0.2, 0) is 4.79 Å². The van der Waals surface area contributed by atoms with Crippen molar-refractivity contribution in [3.05, 3.63) is 0 Å². The molecule has 96 valence electrons. The zero-order chi connectivity index (χ0) is 12.7. The normalized spacial score (nSPS) is 18.9. The molecule has 0 aromatic carbocycles. The Morgan fingerprint density at radius 1 is 1.12 bits per heavy atom. The SMILES string of the molecule is CCCCC(=O)C(O)C(O)C(O)C(O)CO. The molecular formula is C10H20O6. The molecule has 4 atom stereocenters. The van der Waals surface area contributed by atoms with E-state index in [4.69, 9.17) is 10.2 Å². The molecule has 0 radical (unpaired) electrons. The molecule has 0 saturated carbocycles. The maximum atomic E-state index is 11.3. The first kappa shape index (κ1) is 15.5. The number of carbonyl (C=O) groups is 1. The van der Waals surface area contributed by atoms with Crippen molar-refractivity contribution in [2.45, 2.75) is 50.6 Å². The molecule has 6 nitrogen and oxygen atoms in total. The van der Waals surface area contributed by atoms with Gasteiger partial charge in [0.2, 0.25) is 0 Å². The maximum Gasteiger partial charge on any atom is 0.164 e. The van der Waals surface area contributed by atoms with Crippen molar-refractivity contribution < 1.29 is 30.3 Å². The van der Waals surface area contributed by atoms with Crippen LogP contribution in [0, 0.1) is 0 Å². The number of unbranched alkanes of at least 4 members (excludes halogenated alkanes) is 1. The molecule has 6 heteroatoms. The van der Waals surface area contributed by atoms with Gasteiger partial charge in [0.25, 0.3) is 0 Å². The van der Waals surface area contributed by atoms with Gasteiger partial charge in [-0.1, -0.05) is 13.3 Å². The Labute approximate surface area is 94.2 Å². The lowest BCUT2D eigenvalue weighted by molar-refractivity contribution is -0.147. The first-order valence-corrected chi connectivity index (χ1v) is 5.31. The van der Waals surface area contributed by atoms with Crippen LogP contribution in [0.1, 0.15) is 26.2 Å². The molecule has 0 amide bonds. The first-order valence-electron chi connectivity index (χ1n) is 5.31. The molecule has 16 heavy (non-hydrogen) atoms. The summed E-state index contributed by atoms with van der Waals surface area (Å²) < 4.78 is 0. The summed E-state index contributed by atoms with van der Waals surface area (Å²) in [7, 11) is 0. The molecule has 0 aliphatic rings. The van der Waals surface area contributed by atoms with E-state index in [9.17, 15) is 20.1 Å². The van der Waals surface area contributed by atoms with Crippen LogP contribution in [0.25, 0.3) is 0 Å². The standard InChI is InChI=1S/C10H20O6/c1-2-3-4-6(12)8(14)10(16)9(15)7(13)5-11/h7-11,13-16H,2-5H2,1H3. The van der Waals surface area contributed by atoms with E-state index >= 15 is 0 Å². The van der Waals surface area contributed by atoms with Crippen LogP contribution >= 0.6 is 0 Å². The van der Waals surface area contributed by atoms with Crippen molar-refractivity contribution >= 4 is 5.78 Å². The molecule has 0 saturated heterocycles. The maximum absolute atomic E-state index is 11.3. The summed E-state index contributed by atoms with van der Waals surface area (Å²) in [4.78, 5) is 11.3. The molecule has 0 aromatic heterocycles. The van der Waals surface area contributed by atoms with Crippen LogP contribution in [-0.4, -0.2) is 62.3 Å². The molecule has 4 unspecified atom stereocenters. The molecule has 0 heterocycles. The van der Waals surface area contributed by atoms with Gasteiger partial charge >= 0.3 is 0 Å². The van der Waals surface area contributed by atoms with Gasteiger partial charge in [0.1, 0.15) is 24.4 Å². The monoisotopic (exact) mass is 236 g/mol. The molecule has 0 rings (SSSR count). The third kappa shape index (κ3) is 4.54. The molecule has 0 fully saturated rings. The predicted molar refractivity (Wildman–Crippen MR) is 55.6 cm³/mol. The van der Waals surface area contributed by atoms with Crippen LogP contribution in [0.15, 0.2) is 0 Å². The van der Waals surface area contributed by atoms with Gasteiger partial charge in [0, 0.05) is 6.42 Å². The number of hydrogen-bond acceptors (Lipinski definition) is 6. The van der Waals surface area contributed by atoms with Gasteiger partial charge in [-0.15, -0.1) is 0 Å². The second-order valence-corrected chi connectivity index (χ2v) is 3.75. The topological polar surface area (TPSA) is 118 Å². The van der Waals surface area contributed by atoms with Gasteiger partial charge in [-0.05, 0) is 6.42 Å². The van der Waals surface area contributed by atoms with Gasteiger partial charge in [0.05, 0.1) is 6.61 Å². The number of aliphatic hydroxyl groups excluding tert-OH is 5. The number of aliphatic hydroxyl groups is 5. The van der Waals surface area contributed by atoms with E-state index in [-0.39, 0.29) is 6.42 Å². The van der Waals surface area contributed by atoms with E-state index in [1.807, 2.05) is 6.92 Å². The van der Waals surface area contributed by atoms with E-state index in [2.05, 4.69) is 0 Å². The Balaban J connectivity index is 4.25. The van der Waals surface area contributed by atoms with Crippen LogP contribution in [0.4, 0.5) is 0 Å². The van der Waals surface area contributed by atoms with Crippen molar-refractivity contribution in [3.8, 4) is 0 Å². The fourth-order valence-electron chi connectivity index (χ4n) is 1.21. The molecule has 5 N–H and O–H groups in total. The van der Waals surface area contributed by atoms with Crippen molar-refractivity contribution in [3.63, 3.8) is 0 Å². The number of hydrogen-bond donors (Lipinski definition) is 5. The van der Waals surface area contributed by atoms with E-state index < -0.39 is 36.8 Å². The Bertz CT molecular complexity index is 207. The summed E-state index contributed by atoms with van der Waals surface area (Å²) in [6, 6.07) is 0. The Hall–Kier alpha value is -0.530. The van der Waals surface area contributed by atoms with Gasteiger partial charge in [-0.25, -0.2) is 0 Å². The Morgan fingerprint density at radius 2 is 1.69 bits per heavy atom. The Kier molecular flexibility index (Phi) is 7.44. The lowest BCUT2D eigenvalue weighted by Gasteiger charge is -2.24. The summed E-state index contributed by atoms with van der Waals surface area (Å²) >= 11 is 0. The summed E-state index contributed by atoms with van der Waals surface area (Å²) in [6.07, 6.45) is -5.38. The zero-order valence-electron chi connectivity index (χ0n) is 9.28. The number of ketones is 1. The summed E-state index contributed by atoms with van der Waals surface area (Å²) in [6.45, 7) is 1.12. The van der Waals surface area contributed by atoms with Crippen molar-refractivity contribution in [2.24, 2.45) is 0 Å². The summed E-state index contributed by atoms with van der Waals surface area (Å²) in [5, 5.41) is 45.5. The number of Topliss-reactive ketones (excluding diaryl/α,β-unsaturated/α-hetero) is 1. The second kappa shape index (κ2) is 7.70. The molecule has 0 bridgehead atoms. The Morgan fingerprint density at radius 3 is 2.12 bits per heavy atom. The fourth-order valence-corrected chi connectivity index (χ4v) is 1.21. The molecule has 0 spiro atoms. The van der Waals surface area contributed by atoms with Crippen molar-refractivity contribution in [1.82, 2.24) is 0 Å². The minimum absolute atomic E-state index is 0.108. The quantitative estimate of drug-likeness (QED) is 0.339. The lowest BCUT2D eigenvalue weighted by Crippen LogP contribution is -2.48. The van der Waals surface area contributed by atoms with Gasteiger partial charge < -0.3 is 25.5 Å². The third-order valence-corrected chi connectivity index (χ3v) is 2.36. The van der Waals surface area contributed by atoms with E-state index in [1.54, 1.807) is 0 Å². The minimum atomic E-state index is -1.79. The van der Waals surface area contributed by atoms with Gasteiger partial charge in [-0.2, -0.15) is 0 Å². The van der Waals surface area contributed by atoms with Crippen LogP contribution in [0.5, 0.6) is 0 Å². The van der Waals surface area contributed by atoms with Gasteiger partial charge in [0.15, 0.2) is 5.78 Å². The summed E-state index contributed by atoms with van der Waals surface area (Å²) in [5.41, 5.74) is 0. The first-order chi connectivity index (χ1) is 7.45. The number of carbonyl (C=O) groups excluding carboxylic acids is 1. The van der Waals surface area contributed by atoms with Crippen molar-refractivity contribution in [1.29, 1.82) is 0 Å². The smallest absolute Gasteiger partial charge is 0.164 e. The largest absolute Gasteiger partial charge is 0.394 e. The average Bonchev–Trinajstić information content (AvgIpc) is 2.31. The fraction of sp³-hybridized carbons (Fsp3) is 0.900. The molecular weight excluding hydrogens is 216 g/mol. The van der Waals surface area contributed by atoms with Crippen LogP contribution in [0.3, 0.4) is 0 Å². The summed E-state index contributed by atoms with van der Waals surface area (Å²) in [5.74, 6) is -0.585. The average molecular weight is 236 g/mol. The number of rotatable bonds is 8. The highest BCUT2D eigenvalue weighted by Gasteiger charge is 2.33. The third-order valence-electron chi connectivity index (χ3n) is 2.36. The highest BCUT2D eigenvalue weighted by atomic mass is 16.4. The molecule has 0 aliphatic heterocycles. The van der Waals surface area contributed by atoms with Gasteiger partial charge in [-0.3, -0.25) is 4.79 Å². The second-order valence-electron chi connectivity index (χ2n) is 3.75. The highest BCUT2D eigenvalue weighted by molar-refractivity contribution is 5.83. The van der Waals surface area contributed by atoms with E-state index in [0.717, 1.165) is 6.42 Å². The lowest BCUT2D eigenvalue weighted by atomic mass is 9.98. The predicted octanol–water partition coefficient (Wildman–Crippen LogP) is -1.82. The minimum Gasteiger partial charge on any atom is -0.394 e.